The van der Waals surface area contributed by atoms with Crippen molar-refractivity contribution in [3.8, 4) is 0 Å². The Hall–Kier alpha value is -3.47. The second kappa shape index (κ2) is 8.27. The van der Waals surface area contributed by atoms with E-state index in [1.165, 1.54) is 12.3 Å². The zero-order valence-electron chi connectivity index (χ0n) is 15.3. The predicted octanol–water partition coefficient (Wildman–Crippen LogP) is 3.88. The molecule has 0 radical (unpaired) electrons. The molecule has 0 fully saturated rings. The third-order valence-electron chi connectivity index (χ3n) is 4.07. The number of anilines is 1. The number of hydrogen-bond donors (Lipinski definition) is 2. The summed E-state index contributed by atoms with van der Waals surface area (Å²) in [6.07, 6.45) is 1.47. The maximum Gasteiger partial charge on any atom is 0.270 e. The van der Waals surface area contributed by atoms with Crippen LogP contribution in [0.1, 0.15) is 37.5 Å². The second-order valence-electron chi connectivity index (χ2n) is 6.43. The van der Waals surface area contributed by atoms with Gasteiger partial charge in [0.15, 0.2) is 0 Å². The minimum atomic E-state index is -0.318. The molecular formula is C22H21N3O2. The monoisotopic (exact) mass is 359 g/mol. The molecule has 2 N–H and O–H groups in total. The summed E-state index contributed by atoms with van der Waals surface area (Å²) < 4.78 is 0. The molecule has 0 bridgehead atoms. The van der Waals surface area contributed by atoms with Crippen LogP contribution in [0.5, 0.6) is 0 Å². The number of carbonyl (C=O) groups is 2. The molecule has 5 nitrogen and oxygen atoms in total. The SMILES string of the molecule is Cc1cccc(CNC(=O)c2cc(C(=O)Nc3cccc(C)c3)ccn2)c1. The summed E-state index contributed by atoms with van der Waals surface area (Å²) >= 11 is 0. The Morgan fingerprint density at radius 3 is 2.37 bits per heavy atom. The van der Waals surface area contributed by atoms with Crippen LogP contribution < -0.4 is 10.6 Å². The zero-order chi connectivity index (χ0) is 19.2. The van der Waals surface area contributed by atoms with E-state index in [9.17, 15) is 9.59 Å². The van der Waals surface area contributed by atoms with E-state index >= 15 is 0 Å². The highest BCUT2D eigenvalue weighted by Gasteiger charge is 2.12. The number of benzene rings is 2. The van der Waals surface area contributed by atoms with Crippen LogP contribution in [-0.4, -0.2) is 16.8 Å². The zero-order valence-corrected chi connectivity index (χ0v) is 15.3. The van der Waals surface area contributed by atoms with Gasteiger partial charge in [0.25, 0.3) is 11.8 Å². The normalized spacial score (nSPS) is 10.3. The van der Waals surface area contributed by atoms with Gasteiger partial charge in [0.2, 0.25) is 0 Å². The number of pyridine rings is 1. The summed E-state index contributed by atoms with van der Waals surface area (Å²) in [7, 11) is 0. The van der Waals surface area contributed by atoms with Crippen LogP contribution in [0.2, 0.25) is 0 Å². The Morgan fingerprint density at radius 2 is 1.63 bits per heavy atom. The number of nitrogens with one attached hydrogen (secondary N) is 2. The van der Waals surface area contributed by atoms with Crippen LogP contribution >= 0.6 is 0 Å². The third-order valence-corrected chi connectivity index (χ3v) is 4.07. The van der Waals surface area contributed by atoms with Gasteiger partial charge in [0.1, 0.15) is 5.69 Å². The predicted molar refractivity (Wildman–Crippen MR) is 106 cm³/mol. The molecule has 5 heteroatoms. The van der Waals surface area contributed by atoms with E-state index in [1.54, 1.807) is 6.07 Å². The van der Waals surface area contributed by atoms with E-state index < -0.39 is 0 Å². The summed E-state index contributed by atoms with van der Waals surface area (Å²) in [5, 5.41) is 5.66. The Morgan fingerprint density at radius 1 is 0.889 bits per heavy atom. The minimum Gasteiger partial charge on any atom is -0.347 e. The van der Waals surface area contributed by atoms with Gasteiger partial charge in [-0.05, 0) is 49.2 Å². The van der Waals surface area contributed by atoms with Crippen molar-refractivity contribution in [1.29, 1.82) is 0 Å². The summed E-state index contributed by atoms with van der Waals surface area (Å²) in [6, 6.07) is 18.5. The number of aryl methyl sites for hydroxylation is 2. The molecule has 0 saturated heterocycles. The molecule has 3 rings (SSSR count). The first-order valence-electron chi connectivity index (χ1n) is 8.69. The Labute approximate surface area is 158 Å². The van der Waals surface area contributed by atoms with Gasteiger partial charge in [0.05, 0.1) is 0 Å². The molecule has 0 saturated carbocycles. The average molecular weight is 359 g/mol. The Bertz CT molecular complexity index is 983. The first kappa shape index (κ1) is 18.3. The summed E-state index contributed by atoms with van der Waals surface area (Å²) in [4.78, 5) is 28.9. The number of hydrogen-bond acceptors (Lipinski definition) is 3. The van der Waals surface area contributed by atoms with Crippen molar-refractivity contribution in [2.45, 2.75) is 20.4 Å². The van der Waals surface area contributed by atoms with Crippen molar-refractivity contribution in [2.75, 3.05) is 5.32 Å². The highest BCUT2D eigenvalue weighted by molar-refractivity contribution is 6.05. The smallest absolute Gasteiger partial charge is 0.270 e. The molecule has 2 aromatic carbocycles. The van der Waals surface area contributed by atoms with Gasteiger partial charge in [-0.15, -0.1) is 0 Å². The van der Waals surface area contributed by atoms with Gasteiger partial charge in [-0.25, -0.2) is 0 Å². The fourth-order valence-corrected chi connectivity index (χ4v) is 2.72. The first-order valence-corrected chi connectivity index (χ1v) is 8.69. The third kappa shape index (κ3) is 5.01. The van der Waals surface area contributed by atoms with Crippen LogP contribution in [0.15, 0.2) is 66.9 Å². The average Bonchev–Trinajstić information content (AvgIpc) is 2.66. The van der Waals surface area contributed by atoms with E-state index in [2.05, 4.69) is 15.6 Å². The lowest BCUT2D eigenvalue weighted by atomic mass is 10.1. The van der Waals surface area contributed by atoms with E-state index in [0.29, 0.717) is 17.8 Å². The maximum absolute atomic E-state index is 12.4. The van der Waals surface area contributed by atoms with Crippen LogP contribution in [0.3, 0.4) is 0 Å². The molecule has 0 aliphatic rings. The van der Waals surface area contributed by atoms with E-state index in [4.69, 9.17) is 0 Å². The number of nitrogens with zero attached hydrogens (tertiary/aromatic N) is 1. The first-order chi connectivity index (χ1) is 13.0. The fraction of sp³-hybridized carbons (Fsp3) is 0.136. The van der Waals surface area contributed by atoms with Gasteiger partial charge in [-0.3, -0.25) is 14.6 Å². The quantitative estimate of drug-likeness (QED) is 0.726. The molecule has 1 heterocycles. The van der Waals surface area contributed by atoms with Crippen molar-refractivity contribution in [3.05, 3.63) is 94.8 Å². The van der Waals surface area contributed by atoms with Crippen molar-refractivity contribution in [2.24, 2.45) is 0 Å². The van der Waals surface area contributed by atoms with Gasteiger partial charge < -0.3 is 10.6 Å². The molecule has 0 aliphatic heterocycles. The number of rotatable bonds is 5. The van der Waals surface area contributed by atoms with Gasteiger partial charge in [0, 0.05) is 24.0 Å². The topological polar surface area (TPSA) is 71.1 Å². The largest absolute Gasteiger partial charge is 0.347 e. The molecule has 0 unspecified atom stereocenters. The van der Waals surface area contributed by atoms with E-state index in [-0.39, 0.29) is 17.5 Å². The van der Waals surface area contributed by atoms with Gasteiger partial charge in [-0.1, -0.05) is 42.0 Å². The number of carbonyl (C=O) groups excluding carboxylic acids is 2. The van der Waals surface area contributed by atoms with Crippen molar-refractivity contribution in [1.82, 2.24) is 10.3 Å². The molecule has 2 amide bonds. The minimum absolute atomic E-state index is 0.208. The summed E-state index contributed by atoms with van der Waals surface area (Å²) in [5.41, 5.74) is 4.50. The summed E-state index contributed by atoms with van der Waals surface area (Å²) in [6.45, 7) is 4.36. The lowest BCUT2D eigenvalue weighted by Gasteiger charge is -2.08. The second-order valence-corrected chi connectivity index (χ2v) is 6.43. The maximum atomic E-state index is 12.4. The highest BCUT2D eigenvalue weighted by Crippen LogP contribution is 2.12. The summed E-state index contributed by atoms with van der Waals surface area (Å²) in [5.74, 6) is -0.600. The van der Waals surface area contributed by atoms with Crippen molar-refractivity contribution >= 4 is 17.5 Å². The van der Waals surface area contributed by atoms with E-state index in [0.717, 1.165) is 16.7 Å². The molecule has 0 spiro atoms. The number of aromatic nitrogens is 1. The Balaban J connectivity index is 1.67. The molecule has 136 valence electrons. The fourth-order valence-electron chi connectivity index (χ4n) is 2.72. The number of amides is 2. The molecule has 0 atom stereocenters. The molecule has 1 aromatic heterocycles. The van der Waals surface area contributed by atoms with E-state index in [1.807, 2.05) is 62.4 Å². The van der Waals surface area contributed by atoms with Crippen LogP contribution in [0.25, 0.3) is 0 Å². The van der Waals surface area contributed by atoms with Crippen LogP contribution in [0, 0.1) is 13.8 Å². The molecule has 0 aliphatic carbocycles. The molecule has 27 heavy (non-hydrogen) atoms. The standard InChI is InChI=1S/C22H21N3O2/c1-15-5-3-7-17(11-15)14-24-22(27)20-13-18(9-10-23-20)21(26)25-19-8-4-6-16(2)12-19/h3-13H,14H2,1-2H3,(H,24,27)(H,25,26). The Kier molecular flexibility index (Phi) is 5.61. The highest BCUT2D eigenvalue weighted by atomic mass is 16.2. The lowest BCUT2D eigenvalue weighted by molar-refractivity contribution is 0.0946. The van der Waals surface area contributed by atoms with Crippen LogP contribution in [0.4, 0.5) is 5.69 Å². The van der Waals surface area contributed by atoms with Gasteiger partial charge >= 0.3 is 0 Å². The lowest BCUT2D eigenvalue weighted by Crippen LogP contribution is -2.24. The van der Waals surface area contributed by atoms with Crippen molar-refractivity contribution < 1.29 is 9.59 Å². The van der Waals surface area contributed by atoms with Gasteiger partial charge in [-0.2, -0.15) is 0 Å². The van der Waals surface area contributed by atoms with Crippen molar-refractivity contribution in [3.63, 3.8) is 0 Å². The van der Waals surface area contributed by atoms with Crippen LogP contribution in [-0.2, 0) is 6.54 Å². The molecule has 3 aromatic rings. The molecular weight excluding hydrogens is 338 g/mol.